The van der Waals surface area contributed by atoms with Gasteiger partial charge in [0.1, 0.15) is 0 Å². The minimum Gasteiger partial charge on any atom is -0.465 e. The number of piperidine rings is 2. The Bertz CT molecular complexity index is 995. The van der Waals surface area contributed by atoms with Crippen molar-refractivity contribution in [2.45, 2.75) is 76.0 Å². The Morgan fingerprint density at radius 1 is 0.548 bits per heavy atom. The monoisotopic (exact) mass is 574 g/mol. The highest BCUT2D eigenvalue weighted by Crippen LogP contribution is 2.58. The van der Waals surface area contributed by atoms with Crippen molar-refractivity contribution < 1.29 is 19.1 Å². The van der Waals surface area contributed by atoms with Gasteiger partial charge in [0, 0.05) is 11.8 Å². The molecule has 6 nitrogen and oxygen atoms in total. The van der Waals surface area contributed by atoms with Crippen LogP contribution < -0.4 is 0 Å². The van der Waals surface area contributed by atoms with E-state index in [-0.39, 0.29) is 23.8 Å². The lowest BCUT2D eigenvalue weighted by Crippen LogP contribution is -2.52. The molecule has 5 rings (SSSR count). The van der Waals surface area contributed by atoms with Crippen LogP contribution in [0.3, 0.4) is 0 Å². The van der Waals surface area contributed by atoms with E-state index >= 15 is 0 Å². The number of hydrogen-bond donors (Lipinski definition) is 0. The number of unbranched alkanes of at least 4 members (excludes halogenated alkanes) is 2. The minimum atomic E-state index is -0.541. The summed E-state index contributed by atoms with van der Waals surface area (Å²) in [5.41, 5.74) is 2.15. The van der Waals surface area contributed by atoms with Crippen LogP contribution in [0.25, 0.3) is 0 Å². The van der Waals surface area contributed by atoms with Crippen LogP contribution in [0.5, 0.6) is 0 Å². The second-order valence-corrected chi connectivity index (χ2v) is 12.5. The van der Waals surface area contributed by atoms with E-state index in [0.717, 1.165) is 49.9 Å². The highest BCUT2D eigenvalue weighted by molar-refractivity contribution is 5.87. The van der Waals surface area contributed by atoms with E-state index in [1.165, 1.54) is 64.7 Å². The lowest BCUT2D eigenvalue weighted by Gasteiger charge is -2.49. The molecule has 0 radical (unpaired) electrons. The van der Waals surface area contributed by atoms with Gasteiger partial charge in [-0.25, -0.2) is 0 Å². The van der Waals surface area contributed by atoms with E-state index in [1.807, 2.05) is 36.4 Å². The van der Waals surface area contributed by atoms with Gasteiger partial charge in [-0.1, -0.05) is 73.5 Å². The van der Waals surface area contributed by atoms with Crippen LogP contribution in [0.2, 0.25) is 0 Å². The Labute approximate surface area is 252 Å². The van der Waals surface area contributed by atoms with Gasteiger partial charge in [0.2, 0.25) is 0 Å². The molecule has 2 aliphatic heterocycles. The van der Waals surface area contributed by atoms with Crippen LogP contribution in [0, 0.1) is 11.8 Å². The molecule has 0 amide bonds. The Morgan fingerprint density at radius 2 is 0.929 bits per heavy atom. The summed E-state index contributed by atoms with van der Waals surface area (Å²) in [7, 11) is 0. The van der Waals surface area contributed by atoms with Gasteiger partial charge < -0.3 is 19.3 Å². The molecule has 2 aromatic carbocycles. The summed E-state index contributed by atoms with van der Waals surface area (Å²) in [5, 5.41) is 0. The summed E-state index contributed by atoms with van der Waals surface area (Å²) in [5.74, 6) is -1.85. The van der Waals surface area contributed by atoms with E-state index in [2.05, 4.69) is 34.1 Å². The molecular weight excluding hydrogens is 524 g/mol. The fourth-order valence-electron chi connectivity index (χ4n) is 7.29. The number of hydrogen-bond acceptors (Lipinski definition) is 6. The summed E-state index contributed by atoms with van der Waals surface area (Å²) in [6.45, 7) is 7.67. The van der Waals surface area contributed by atoms with Crippen molar-refractivity contribution in [2.75, 3.05) is 52.5 Å². The quantitative estimate of drug-likeness (QED) is 0.192. The molecule has 4 unspecified atom stereocenters. The van der Waals surface area contributed by atoms with Gasteiger partial charge in [0.15, 0.2) is 0 Å². The van der Waals surface area contributed by atoms with Crippen molar-refractivity contribution in [1.29, 1.82) is 0 Å². The Morgan fingerprint density at radius 3 is 1.31 bits per heavy atom. The number of rotatable bonds is 14. The first-order valence-electron chi connectivity index (χ1n) is 16.6. The Hall–Kier alpha value is -2.70. The van der Waals surface area contributed by atoms with Gasteiger partial charge in [-0.2, -0.15) is 0 Å². The van der Waals surface area contributed by atoms with Crippen molar-refractivity contribution in [2.24, 2.45) is 11.8 Å². The Kier molecular flexibility index (Phi) is 11.9. The van der Waals surface area contributed by atoms with Crippen molar-refractivity contribution in [3.63, 3.8) is 0 Å². The molecule has 0 bridgehead atoms. The summed E-state index contributed by atoms with van der Waals surface area (Å²) < 4.78 is 11.8. The summed E-state index contributed by atoms with van der Waals surface area (Å²) in [6, 6.07) is 20.3. The number of benzene rings is 2. The summed E-state index contributed by atoms with van der Waals surface area (Å²) in [4.78, 5) is 32.4. The standard InChI is InChI=1S/C36H50N2O4/c39-35(41-27-15-13-25-37-21-9-3-10-22-37)33-31(29-17-5-1-6-18-29)32(30-19-7-2-8-20-30)34(33)36(40)42-28-16-14-26-38-23-11-4-12-24-38/h1-2,5-8,17-20,31-34H,3-4,9-16,21-28H2. The zero-order valence-corrected chi connectivity index (χ0v) is 25.3. The van der Waals surface area contributed by atoms with Crippen LogP contribution in [0.1, 0.15) is 87.2 Å². The summed E-state index contributed by atoms with van der Waals surface area (Å²) in [6.07, 6.45) is 11.6. The molecule has 3 fully saturated rings. The molecule has 0 N–H and O–H groups in total. The minimum absolute atomic E-state index is 0.119. The molecule has 6 heteroatoms. The molecular formula is C36H50N2O4. The third-order valence-electron chi connectivity index (χ3n) is 9.58. The normalized spacial score (nSPS) is 25.0. The zero-order chi connectivity index (χ0) is 29.0. The zero-order valence-electron chi connectivity index (χ0n) is 25.3. The van der Waals surface area contributed by atoms with Crippen molar-refractivity contribution in [3.8, 4) is 0 Å². The van der Waals surface area contributed by atoms with Crippen LogP contribution in [-0.4, -0.2) is 74.2 Å². The lowest BCUT2D eigenvalue weighted by molar-refractivity contribution is -0.172. The second kappa shape index (κ2) is 16.2. The smallest absolute Gasteiger partial charge is 0.310 e. The van der Waals surface area contributed by atoms with Gasteiger partial charge in [-0.15, -0.1) is 0 Å². The largest absolute Gasteiger partial charge is 0.465 e. The number of nitrogens with zero attached hydrogens (tertiary/aromatic N) is 2. The average Bonchev–Trinajstić information content (AvgIpc) is 3.02. The predicted molar refractivity (Wildman–Crippen MR) is 166 cm³/mol. The maximum Gasteiger partial charge on any atom is 0.310 e. The molecule has 228 valence electrons. The van der Waals surface area contributed by atoms with Crippen LogP contribution in [0.15, 0.2) is 60.7 Å². The van der Waals surface area contributed by atoms with Crippen LogP contribution >= 0.6 is 0 Å². The number of esters is 2. The molecule has 4 atom stereocenters. The van der Waals surface area contributed by atoms with Gasteiger partial charge in [0.05, 0.1) is 25.0 Å². The van der Waals surface area contributed by atoms with Crippen molar-refractivity contribution in [1.82, 2.24) is 9.80 Å². The number of carbonyl (C=O) groups excluding carboxylic acids is 2. The third kappa shape index (κ3) is 8.23. The van der Waals surface area contributed by atoms with Gasteiger partial charge >= 0.3 is 11.9 Å². The molecule has 0 aromatic heterocycles. The van der Waals surface area contributed by atoms with Crippen molar-refractivity contribution >= 4 is 11.9 Å². The highest BCUT2D eigenvalue weighted by Gasteiger charge is 2.59. The second-order valence-electron chi connectivity index (χ2n) is 12.5. The highest BCUT2D eigenvalue weighted by atomic mass is 16.5. The molecule has 1 aliphatic carbocycles. The lowest BCUT2D eigenvalue weighted by atomic mass is 9.52. The first-order chi connectivity index (χ1) is 20.7. The SMILES string of the molecule is O=C(OCCCCN1CCCCC1)C1C(C(=O)OCCCCN2CCCCC2)C(c2ccccc2)C1c1ccccc1. The van der Waals surface area contributed by atoms with Crippen LogP contribution in [0.4, 0.5) is 0 Å². The van der Waals surface area contributed by atoms with E-state index < -0.39 is 11.8 Å². The molecule has 3 aliphatic rings. The van der Waals surface area contributed by atoms with Crippen molar-refractivity contribution in [3.05, 3.63) is 71.8 Å². The van der Waals surface area contributed by atoms with E-state index in [9.17, 15) is 9.59 Å². The number of likely N-dealkylation sites (tertiary alicyclic amines) is 2. The topological polar surface area (TPSA) is 59.1 Å². The third-order valence-corrected chi connectivity index (χ3v) is 9.58. The molecule has 2 aromatic rings. The fourth-order valence-corrected chi connectivity index (χ4v) is 7.29. The van der Waals surface area contributed by atoms with Crippen LogP contribution in [-0.2, 0) is 19.1 Å². The van der Waals surface area contributed by atoms with Gasteiger partial charge in [-0.3, -0.25) is 9.59 Å². The van der Waals surface area contributed by atoms with E-state index in [0.29, 0.717) is 13.2 Å². The molecule has 0 spiro atoms. The van der Waals surface area contributed by atoms with Gasteiger partial charge in [0.25, 0.3) is 0 Å². The first kappa shape index (κ1) is 30.7. The maximum absolute atomic E-state index is 13.7. The number of ether oxygens (including phenoxy) is 2. The summed E-state index contributed by atoms with van der Waals surface area (Å²) >= 11 is 0. The first-order valence-corrected chi connectivity index (χ1v) is 16.6. The van der Waals surface area contributed by atoms with Gasteiger partial charge in [-0.05, 0) is 102 Å². The molecule has 2 heterocycles. The number of carbonyl (C=O) groups is 2. The average molecular weight is 575 g/mol. The fraction of sp³-hybridized carbons (Fsp3) is 0.611. The van der Waals surface area contributed by atoms with E-state index in [4.69, 9.17) is 9.47 Å². The molecule has 1 saturated carbocycles. The predicted octanol–water partition coefficient (Wildman–Crippen LogP) is 6.42. The molecule has 42 heavy (non-hydrogen) atoms. The maximum atomic E-state index is 13.7. The molecule has 2 saturated heterocycles. The van der Waals surface area contributed by atoms with E-state index in [1.54, 1.807) is 0 Å². The Balaban J connectivity index is 1.21.